The van der Waals surface area contributed by atoms with Crippen LogP contribution < -0.4 is 5.73 Å². The maximum Gasteiger partial charge on any atom is 0.240 e. The molecule has 1 aromatic heterocycles. The zero-order chi connectivity index (χ0) is 14.2. The summed E-state index contributed by atoms with van der Waals surface area (Å²) < 4.78 is 5.36. The molecule has 118 valence electrons. The maximum atomic E-state index is 6.31. The van der Waals surface area contributed by atoms with Gasteiger partial charge < -0.3 is 10.3 Å². The number of nitrogens with two attached hydrogens (primary N) is 1. The van der Waals surface area contributed by atoms with Crippen molar-refractivity contribution >= 4 is 12.4 Å². The third kappa shape index (κ3) is 3.16. The molecule has 0 spiro atoms. The Morgan fingerprint density at radius 1 is 1.18 bits per heavy atom. The standard InChI is InChI=1S/C16H20N4O.ClH/c17-14-9-20(8-13(14)11-4-2-1-3-5-11)10-15-18-16(19-21-15)12-6-7-12;/h1-5,12-14H,6-10,17H2;1H/t13-,14+;/m0./s1. The Bertz CT molecular complexity index is 614. The first-order valence-electron chi connectivity index (χ1n) is 7.65. The van der Waals surface area contributed by atoms with Crippen molar-refractivity contribution in [1.29, 1.82) is 0 Å². The molecule has 2 aromatic rings. The van der Waals surface area contributed by atoms with Crippen molar-refractivity contribution in [3.63, 3.8) is 0 Å². The van der Waals surface area contributed by atoms with Gasteiger partial charge in [0.1, 0.15) is 0 Å². The molecule has 1 aliphatic heterocycles. The van der Waals surface area contributed by atoms with Gasteiger partial charge in [0.15, 0.2) is 5.82 Å². The minimum absolute atomic E-state index is 0. The molecule has 0 amide bonds. The van der Waals surface area contributed by atoms with Gasteiger partial charge in [-0.1, -0.05) is 35.5 Å². The van der Waals surface area contributed by atoms with Crippen LogP contribution in [0.2, 0.25) is 0 Å². The summed E-state index contributed by atoms with van der Waals surface area (Å²) in [5.41, 5.74) is 7.63. The number of aromatic nitrogens is 2. The van der Waals surface area contributed by atoms with Crippen molar-refractivity contribution in [2.24, 2.45) is 5.73 Å². The van der Waals surface area contributed by atoms with E-state index in [1.165, 1.54) is 18.4 Å². The van der Waals surface area contributed by atoms with Gasteiger partial charge in [0.25, 0.3) is 0 Å². The highest BCUT2D eigenvalue weighted by molar-refractivity contribution is 5.85. The van der Waals surface area contributed by atoms with E-state index in [2.05, 4.69) is 39.3 Å². The minimum atomic E-state index is 0. The van der Waals surface area contributed by atoms with Crippen molar-refractivity contribution in [2.45, 2.75) is 37.3 Å². The van der Waals surface area contributed by atoms with Gasteiger partial charge in [-0.2, -0.15) is 4.98 Å². The summed E-state index contributed by atoms with van der Waals surface area (Å²) in [5.74, 6) is 2.53. The average molecular weight is 321 g/mol. The molecule has 0 bridgehead atoms. The fourth-order valence-corrected chi connectivity index (χ4v) is 3.13. The summed E-state index contributed by atoms with van der Waals surface area (Å²) in [4.78, 5) is 6.81. The van der Waals surface area contributed by atoms with Crippen molar-refractivity contribution in [3.8, 4) is 0 Å². The zero-order valence-electron chi connectivity index (χ0n) is 12.4. The highest BCUT2D eigenvalue weighted by Crippen LogP contribution is 2.38. The molecule has 0 unspecified atom stereocenters. The molecule has 1 saturated carbocycles. The lowest BCUT2D eigenvalue weighted by atomic mass is 9.95. The zero-order valence-corrected chi connectivity index (χ0v) is 13.2. The highest BCUT2D eigenvalue weighted by Gasteiger charge is 2.33. The number of hydrogen-bond donors (Lipinski definition) is 1. The number of hydrogen-bond acceptors (Lipinski definition) is 5. The maximum absolute atomic E-state index is 6.31. The summed E-state index contributed by atoms with van der Waals surface area (Å²) >= 11 is 0. The van der Waals surface area contributed by atoms with Crippen LogP contribution in [-0.4, -0.2) is 34.2 Å². The largest absolute Gasteiger partial charge is 0.338 e. The molecule has 2 heterocycles. The lowest BCUT2D eigenvalue weighted by molar-refractivity contribution is 0.263. The van der Waals surface area contributed by atoms with E-state index in [9.17, 15) is 0 Å². The van der Waals surface area contributed by atoms with E-state index in [4.69, 9.17) is 10.3 Å². The van der Waals surface area contributed by atoms with E-state index >= 15 is 0 Å². The Morgan fingerprint density at radius 2 is 1.95 bits per heavy atom. The Balaban J connectivity index is 0.00000144. The van der Waals surface area contributed by atoms with E-state index in [1.807, 2.05) is 6.07 Å². The summed E-state index contributed by atoms with van der Waals surface area (Å²) in [6, 6.07) is 10.7. The predicted molar refractivity (Wildman–Crippen MR) is 86.0 cm³/mol. The van der Waals surface area contributed by atoms with Gasteiger partial charge in [0, 0.05) is 31.0 Å². The third-order valence-corrected chi connectivity index (χ3v) is 4.45. The van der Waals surface area contributed by atoms with Gasteiger partial charge in [-0.15, -0.1) is 12.4 Å². The molecule has 0 radical (unpaired) electrons. The van der Waals surface area contributed by atoms with Crippen LogP contribution >= 0.6 is 12.4 Å². The van der Waals surface area contributed by atoms with Gasteiger partial charge in [-0.05, 0) is 18.4 Å². The molecular formula is C16H21ClN4O. The first kappa shape index (κ1) is 15.5. The number of benzene rings is 1. The van der Waals surface area contributed by atoms with Crippen molar-refractivity contribution in [1.82, 2.24) is 15.0 Å². The second kappa shape index (κ2) is 6.36. The summed E-state index contributed by atoms with van der Waals surface area (Å²) in [6.45, 7) is 2.53. The van der Waals surface area contributed by atoms with Crippen LogP contribution in [0.5, 0.6) is 0 Å². The smallest absolute Gasteiger partial charge is 0.240 e. The van der Waals surface area contributed by atoms with Gasteiger partial charge >= 0.3 is 0 Å². The molecule has 1 saturated heterocycles. The first-order valence-corrected chi connectivity index (χ1v) is 7.65. The van der Waals surface area contributed by atoms with Crippen molar-refractivity contribution in [3.05, 3.63) is 47.6 Å². The van der Waals surface area contributed by atoms with Crippen LogP contribution in [-0.2, 0) is 6.54 Å². The van der Waals surface area contributed by atoms with Crippen molar-refractivity contribution in [2.75, 3.05) is 13.1 Å². The van der Waals surface area contributed by atoms with Crippen LogP contribution in [0, 0.1) is 0 Å². The quantitative estimate of drug-likeness (QED) is 0.936. The molecule has 2 fully saturated rings. The van der Waals surface area contributed by atoms with Gasteiger partial charge in [-0.3, -0.25) is 4.90 Å². The van der Waals surface area contributed by atoms with Crippen LogP contribution in [0.4, 0.5) is 0 Å². The van der Waals surface area contributed by atoms with E-state index in [1.54, 1.807) is 0 Å². The molecule has 5 nitrogen and oxygen atoms in total. The van der Waals surface area contributed by atoms with Gasteiger partial charge in [0.05, 0.1) is 6.54 Å². The average Bonchev–Trinajstić information content (AvgIpc) is 3.15. The molecular weight excluding hydrogens is 300 g/mol. The topological polar surface area (TPSA) is 68.2 Å². The molecule has 2 N–H and O–H groups in total. The normalized spacial score (nSPS) is 25.1. The Kier molecular flexibility index (Phi) is 4.47. The van der Waals surface area contributed by atoms with Crippen LogP contribution in [0.15, 0.2) is 34.9 Å². The molecule has 1 aliphatic carbocycles. The van der Waals surface area contributed by atoms with E-state index < -0.39 is 0 Å². The Morgan fingerprint density at radius 3 is 2.68 bits per heavy atom. The first-order chi connectivity index (χ1) is 10.3. The SMILES string of the molecule is Cl.N[C@@H]1CN(Cc2nc(C3CC3)no2)C[C@H]1c1ccccc1. The summed E-state index contributed by atoms with van der Waals surface area (Å²) in [6.07, 6.45) is 2.40. The molecule has 6 heteroatoms. The fraction of sp³-hybridized carbons (Fsp3) is 0.500. The third-order valence-electron chi connectivity index (χ3n) is 4.45. The molecule has 22 heavy (non-hydrogen) atoms. The number of nitrogens with zero attached hydrogens (tertiary/aromatic N) is 3. The van der Waals surface area contributed by atoms with Crippen LogP contribution in [0.25, 0.3) is 0 Å². The van der Waals surface area contributed by atoms with Gasteiger partial charge in [-0.25, -0.2) is 0 Å². The van der Waals surface area contributed by atoms with E-state index in [0.29, 0.717) is 18.4 Å². The highest BCUT2D eigenvalue weighted by atomic mass is 35.5. The minimum Gasteiger partial charge on any atom is -0.338 e. The number of rotatable bonds is 4. The fourth-order valence-electron chi connectivity index (χ4n) is 3.13. The summed E-state index contributed by atoms with van der Waals surface area (Å²) in [7, 11) is 0. The molecule has 2 atom stereocenters. The predicted octanol–water partition coefficient (Wildman–Crippen LogP) is 2.30. The molecule has 4 rings (SSSR count). The molecule has 2 aliphatic rings. The van der Waals surface area contributed by atoms with Crippen LogP contribution in [0.1, 0.15) is 42.0 Å². The monoisotopic (exact) mass is 320 g/mol. The van der Waals surface area contributed by atoms with Gasteiger partial charge in [0.2, 0.25) is 5.89 Å². The lowest BCUT2D eigenvalue weighted by Crippen LogP contribution is -2.28. The second-order valence-corrected chi connectivity index (χ2v) is 6.20. The number of halogens is 1. The van der Waals surface area contributed by atoms with Crippen LogP contribution in [0.3, 0.4) is 0 Å². The second-order valence-electron chi connectivity index (χ2n) is 6.20. The Labute approximate surface area is 136 Å². The van der Waals surface area contributed by atoms with E-state index in [0.717, 1.165) is 24.8 Å². The van der Waals surface area contributed by atoms with Crippen molar-refractivity contribution < 1.29 is 4.52 Å². The van der Waals surface area contributed by atoms with E-state index in [-0.39, 0.29) is 18.4 Å². The Hall–Kier alpha value is -1.43. The number of likely N-dealkylation sites (tertiary alicyclic amines) is 1. The molecule has 1 aromatic carbocycles. The summed E-state index contributed by atoms with van der Waals surface area (Å²) in [5, 5.41) is 4.07. The lowest BCUT2D eigenvalue weighted by Gasteiger charge is -2.14.